The zero-order valence-corrected chi connectivity index (χ0v) is 7.95. The molecule has 1 aliphatic rings. The largest absolute Gasteiger partial charge is 0.376 e. The minimum Gasteiger partial charge on any atom is -0.376 e. The van der Waals surface area contributed by atoms with E-state index in [-0.39, 0.29) is 12.1 Å². The van der Waals surface area contributed by atoms with Crippen molar-refractivity contribution in [1.82, 2.24) is 5.32 Å². The van der Waals surface area contributed by atoms with Crippen molar-refractivity contribution in [1.29, 1.82) is 5.26 Å². The van der Waals surface area contributed by atoms with Crippen molar-refractivity contribution in [2.75, 3.05) is 26.4 Å². The second-order valence-corrected chi connectivity index (χ2v) is 3.24. The fraction of sp³-hybridized carbons (Fsp3) is 0.889. The molecule has 1 aliphatic heterocycles. The van der Waals surface area contributed by atoms with Crippen molar-refractivity contribution < 1.29 is 9.47 Å². The van der Waals surface area contributed by atoms with Crippen LogP contribution in [0.4, 0.5) is 0 Å². The molecule has 2 atom stereocenters. The Kier molecular flexibility index (Phi) is 4.76. The van der Waals surface area contributed by atoms with E-state index in [1.165, 1.54) is 0 Å². The van der Waals surface area contributed by atoms with Crippen molar-refractivity contribution in [2.24, 2.45) is 0 Å². The minimum atomic E-state index is 0.148. The molecular formula is C9H16N2O2. The van der Waals surface area contributed by atoms with Crippen LogP contribution in [0.1, 0.15) is 13.3 Å². The summed E-state index contributed by atoms with van der Waals surface area (Å²) >= 11 is 0. The lowest BCUT2D eigenvalue weighted by atomic mass is 10.2. The van der Waals surface area contributed by atoms with Crippen molar-refractivity contribution in [3.8, 4) is 6.07 Å². The Morgan fingerprint density at radius 3 is 3.08 bits per heavy atom. The number of ether oxygens (including phenoxy) is 2. The normalized spacial score (nSPS) is 25.1. The van der Waals surface area contributed by atoms with Crippen LogP contribution in [0, 0.1) is 11.3 Å². The monoisotopic (exact) mass is 184 g/mol. The molecule has 4 heteroatoms. The highest BCUT2D eigenvalue weighted by Crippen LogP contribution is 1.99. The fourth-order valence-corrected chi connectivity index (χ4v) is 1.20. The second kappa shape index (κ2) is 5.92. The Balaban J connectivity index is 2.07. The molecule has 0 aromatic carbocycles. The molecule has 1 fully saturated rings. The molecule has 0 amide bonds. The Hall–Kier alpha value is -0.630. The van der Waals surface area contributed by atoms with Crippen LogP contribution < -0.4 is 5.32 Å². The van der Waals surface area contributed by atoms with Crippen molar-refractivity contribution in [3.05, 3.63) is 0 Å². The Bertz CT molecular complexity index is 173. The number of hydrogen-bond donors (Lipinski definition) is 1. The molecule has 4 nitrogen and oxygen atoms in total. The van der Waals surface area contributed by atoms with Gasteiger partial charge in [-0.3, -0.25) is 0 Å². The maximum atomic E-state index is 8.43. The third-order valence-corrected chi connectivity index (χ3v) is 1.98. The molecule has 0 saturated carbocycles. The third kappa shape index (κ3) is 4.23. The summed E-state index contributed by atoms with van der Waals surface area (Å²) in [5, 5.41) is 11.7. The third-order valence-electron chi connectivity index (χ3n) is 1.98. The molecule has 1 N–H and O–H groups in total. The summed E-state index contributed by atoms with van der Waals surface area (Å²) in [5.74, 6) is 0. The lowest BCUT2D eigenvalue weighted by Crippen LogP contribution is -2.40. The SMILES string of the molecule is CC(CC#N)NCC1COCCO1. The van der Waals surface area contributed by atoms with Gasteiger partial charge in [-0.15, -0.1) is 0 Å². The molecule has 1 heterocycles. The van der Waals surface area contributed by atoms with Gasteiger partial charge >= 0.3 is 0 Å². The summed E-state index contributed by atoms with van der Waals surface area (Å²) < 4.78 is 10.7. The van der Waals surface area contributed by atoms with Crippen molar-refractivity contribution >= 4 is 0 Å². The summed E-state index contributed by atoms with van der Waals surface area (Å²) in [7, 11) is 0. The minimum absolute atomic E-state index is 0.148. The molecule has 0 radical (unpaired) electrons. The predicted molar refractivity (Wildman–Crippen MR) is 48.3 cm³/mol. The van der Waals surface area contributed by atoms with E-state index in [0.717, 1.165) is 6.54 Å². The maximum Gasteiger partial charge on any atom is 0.0933 e. The standard InChI is InChI=1S/C9H16N2O2/c1-8(2-3-10)11-6-9-7-12-4-5-13-9/h8-9,11H,2,4-7H2,1H3. The average Bonchev–Trinajstić information content (AvgIpc) is 2.17. The van der Waals surface area contributed by atoms with E-state index in [1.807, 2.05) is 6.92 Å². The lowest BCUT2D eigenvalue weighted by molar-refractivity contribution is -0.0869. The molecule has 0 aliphatic carbocycles. The van der Waals surface area contributed by atoms with Gasteiger partial charge in [0.25, 0.3) is 0 Å². The van der Waals surface area contributed by atoms with E-state index in [0.29, 0.717) is 26.2 Å². The molecule has 13 heavy (non-hydrogen) atoms. The highest BCUT2D eigenvalue weighted by molar-refractivity contribution is 4.78. The van der Waals surface area contributed by atoms with Gasteiger partial charge in [-0.2, -0.15) is 5.26 Å². The second-order valence-electron chi connectivity index (χ2n) is 3.24. The van der Waals surface area contributed by atoms with Gasteiger partial charge in [0.15, 0.2) is 0 Å². The molecule has 0 bridgehead atoms. The van der Waals surface area contributed by atoms with Gasteiger partial charge < -0.3 is 14.8 Å². The van der Waals surface area contributed by atoms with Gasteiger partial charge in [0.2, 0.25) is 0 Å². The predicted octanol–water partition coefficient (Wildman–Crippen LogP) is 0.294. The van der Waals surface area contributed by atoms with Crippen LogP contribution in [-0.2, 0) is 9.47 Å². The van der Waals surface area contributed by atoms with Crippen LogP contribution in [-0.4, -0.2) is 38.5 Å². The number of nitrogens with one attached hydrogen (secondary N) is 1. The fourth-order valence-electron chi connectivity index (χ4n) is 1.20. The van der Waals surface area contributed by atoms with Gasteiger partial charge in [0.1, 0.15) is 0 Å². The molecular weight excluding hydrogens is 168 g/mol. The van der Waals surface area contributed by atoms with Crippen LogP contribution in [0.2, 0.25) is 0 Å². The first-order valence-corrected chi connectivity index (χ1v) is 4.62. The van der Waals surface area contributed by atoms with Crippen LogP contribution in [0.5, 0.6) is 0 Å². The maximum absolute atomic E-state index is 8.43. The number of hydrogen-bond acceptors (Lipinski definition) is 4. The van der Waals surface area contributed by atoms with Crippen LogP contribution in [0.15, 0.2) is 0 Å². The van der Waals surface area contributed by atoms with E-state index in [4.69, 9.17) is 14.7 Å². The molecule has 0 aromatic heterocycles. The van der Waals surface area contributed by atoms with Crippen LogP contribution in [0.25, 0.3) is 0 Å². The highest BCUT2D eigenvalue weighted by Gasteiger charge is 2.14. The quantitative estimate of drug-likeness (QED) is 0.682. The first-order chi connectivity index (χ1) is 6.33. The number of nitrogens with zero attached hydrogens (tertiary/aromatic N) is 1. The summed E-state index contributed by atoms with van der Waals surface area (Å²) in [6.45, 7) is 4.80. The molecule has 0 spiro atoms. The van der Waals surface area contributed by atoms with E-state index < -0.39 is 0 Å². The highest BCUT2D eigenvalue weighted by atomic mass is 16.6. The summed E-state index contributed by atoms with van der Waals surface area (Å²) in [6, 6.07) is 2.35. The van der Waals surface area contributed by atoms with Crippen LogP contribution in [0.3, 0.4) is 0 Å². The van der Waals surface area contributed by atoms with Gasteiger partial charge in [0, 0.05) is 12.6 Å². The Morgan fingerprint density at radius 2 is 2.46 bits per heavy atom. The van der Waals surface area contributed by atoms with Gasteiger partial charge in [0.05, 0.1) is 38.4 Å². The van der Waals surface area contributed by atoms with E-state index >= 15 is 0 Å². The van der Waals surface area contributed by atoms with Crippen molar-refractivity contribution in [3.63, 3.8) is 0 Å². The van der Waals surface area contributed by atoms with Gasteiger partial charge in [-0.1, -0.05) is 0 Å². The molecule has 0 aromatic rings. The van der Waals surface area contributed by atoms with E-state index in [1.54, 1.807) is 0 Å². The lowest BCUT2D eigenvalue weighted by Gasteiger charge is -2.24. The van der Waals surface area contributed by atoms with Crippen LogP contribution >= 0.6 is 0 Å². The average molecular weight is 184 g/mol. The number of rotatable bonds is 4. The van der Waals surface area contributed by atoms with E-state index in [9.17, 15) is 0 Å². The first-order valence-electron chi connectivity index (χ1n) is 4.62. The zero-order valence-electron chi connectivity index (χ0n) is 7.95. The Labute approximate surface area is 78.8 Å². The topological polar surface area (TPSA) is 54.3 Å². The van der Waals surface area contributed by atoms with E-state index in [2.05, 4.69) is 11.4 Å². The molecule has 1 rings (SSSR count). The summed E-state index contributed by atoms with van der Waals surface area (Å²) in [4.78, 5) is 0. The smallest absolute Gasteiger partial charge is 0.0933 e. The van der Waals surface area contributed by atoms with Gasteiger partial charge in [-0.25, -0.2) is 0 Å². The Morgan fingerprint density at radius 1 is 1.62 bits per heavy atom. The molecule has 2 unspecified atom stereocenters. The summed E-state index contributed by atoms with van der Waals surface area (Å²) in [6.07, 6.45) is 0.683. The van der Waals surface area contributed by atoms with Gasteiger partial charge in [-0.05, 0) is 6.92 Å². The molecule has 1 saturated heterocycles. The molecule has 74 valence electrons. The zero-order chi connectivity index (χ0) is 9.52. The van der Waals surface area contributed by atoms with Crippen molar-refractivity contribution in [2.45, 2.75) is 25.5 Å². The number of nitriles is 1. The first kappa shape index (κ1) is 10.5. The summed E-state index contributed by atoms with van der Waals surface area (Å²) in [5.41, 5.74) is 0.